The van der Waals surface area contributed by atoms with E-state index in [1.807, 2.05) is 48.5 Å². The first-order valence-corrected chi connectivity index (χ1v) is 6.71. The number of aliphatic hydroxyl groups excluding tert-OH is 1. The average molecular weight is 282 g/mol. The molecule has 0 saturated heterocycles. The highest BCUT2D eigenvalue weighted by Crippen LogP contribution is 2.13. The van der Waals surface area contributed by atoms with Gasteiger partial charge in [-0.3, -0.25) is 0 Å². The summed E-state index contributed by atoms with van der Waals surface area (Å²) >= 11 is 0. The highest BCUT2D eigenvalue weighted by Gasteiger charge is 1.97. The molecule has 0 atom stereocenters. The molecule has 2 aromatic carbocycles. The fourth-order valence-electron chi connectivity index (χ4n) is 1.89. The summed E-state index contributed by atoms with van der Waals surface area (Å²) in [6, 6.07) is 15.6. The van der Waals surface area contributed by atoms with Crippen molar-refractivity contribution >= 4 is 0 Å². The molecule has 0 heterocycles. The van der Waals surface area contributed by atoms with Gasteiger partial charge in [0, 0.05) is 5.56 Å². The quantitative estimate of drug-likeness (QED) is 0.857. The van der Waals surface area contributed by atoms with Crippen molar-refractivity contribution in [1.82, 2.24) is 0 Å². The standard InChI is InChI=1S/C18H18O3/c1-20-18-9-7-16(8-10-18)13-21-14-17-5-2-4-15(12-17)6-3-11-19/h2,4-5,7-10,12,19H,11,13-14H2,1H3. The van der Waals surface area contributed by atoms with E-state index in [1.54, 1.807) is 7.11 Å². The molecule has 0 aromatic heterocycles. The molecule has 2 rings (SSSR count). The highest BCUT2D eigenvalue weighted by molar-refractivity contribution is 5.37. The molecule has 0 unspecified atom stereocenters. The lowest BCUT2D eigenvalue weighted by atomic mass is 10.1. The molecule has 2 aromatic rings. The zero-order valence-corrected chi connectivity index (χ0v) is 12.0. The molecule has 0 saturated carbocycles. The van der Waals surface area contributed by atoms with Gasteiger partial charge in [-0.25, -0.2) is 0 Å². The van der Waals surface area contributed by atoms with Crippen molar-refractivity contribution in [1.29, 1.82) is 0 Å². The summed E-state index contributed by atoms with van der Waals surface area (Å²) < 4.78 is 10.8. The molecular formula is C18H18O3. The van der Waals surface area contributed by atoms with Gasteiger partial charge in [0.05, 0.1) is 20.3 Å². The Morgan fingerprint density at radius 3 is 2.48 bits per heavy atom. The molecule has 1 N–H and O–H groups in total. The van der Waals surface area contributed by atoms with E-state index in [0.717, 1.165) is 22.4 Å². The van der Waals surface area contributed by atoms with E-state index in [1.165, 1.54) is 0 Å². The van der Waals surface area contributed by atoms with Crippen LogP contribution < -0.4 is 4.74 Å². The minimum Gasteiger partial charge on any atom is -0.497 e. The predicted molar refractivity (Wildman–Crippen MR) is 81.9 cm³/mol. The molecule has 0 aliphatic carbocycles. The molecule has 0 radical (unpaired) electrons. The average Bonchev–Trinajstić information content (AvgIpc) is 2.54. The number of rotatable bonds is 5. The number of methoxy groups -OCH3 is 1. The number of hydrogen-bond donors (Lipinski definition) is 1. The summed E-state index contributed by atoms with van der Waals surface area (Å²) in [7, 11) is 1.65. The number of hydrogen-bond acceptors (Lipinski definition) is 3. The predicted octanol–water partition coefficient (Wildman–Crippen LogP) is 2.76. The molecule has 3 heteroatoms. The van der Waals surface area contributed by atoms with E-state index >= 15 is 0 Å². The molecular weight excluding hydrogens is 264 g/mol. The largest absolute Gasteiger partial charge is 0.497 e. The molecule has 108 valence electrons. The second kappa shape index (κ2) is 8.11. The van der Waals surface area contributed by atoms with Crippen molar-refractivity contribution in [2.24, 2.45) is 0 Å². The Hall–Kier alpha value is -2.28. The van der Waals surface area contributed by atoms with E-state index in [2.05, 4.69) is 11.8 Å². The van der Waals surface area contributed by atoms with Crippen LogP contribution in [0, 0.1) is 11.8 Å². The SMILES string of the molecule is COc1ccc(COCc2cccc(C#CCO)c2)cc1. The Balaban J connectivity index is 1.87. The highest BCUT2D eigenvalue weighted by atomic mass is 16.5. The zero-order valence-electron chi connectivity index (χ0n) is 12.0. The lowest BCUT2D eigenvalue weighted by Crippen LogP contribution is -1.95. The smallest absolute Gasteiger partial charge is 0.118 e. The molecule has 0 fully saturated rings. The van der Waals surface area contributed by atoms with Crippen LogP contribution in [0.4, 0.5) is 0 Å². The van der Waals surface area contributed by atoms with Gasteiger partial charge < -0.3 is 14.6 Å². The van der Waals surface area contributed by atoms with E-state index in [0.29, 0.717) is 13.2 Å². The normalized spacial score (nSPS) is 9.81. The zero-order chi connectivity index (χ0) is 14.9. The minimum atomic E-state index is -0.127. The summed E-state index contributed by atoms with van der Waals surface area (Å²) in [6.07, 6.45) is 0. The van der Waals surface area contributed by atoms with Crippen LogP contribution in [0.2, 0.25) is 0 Å². The fraction of sp³-hybridized carbons (Fsp3) is 0.222. The van der Waals surface area contributed by atoms with Crippen LogP contribution in [0.15, 0.2) is 48.5 Å². The van der Waals surface area contributed by atoms with E-state index in [4.69, 9.17) is 14.6 Å². The Labute approximate surface area is 125 Å². The lowest BCUT2D eigenvalue weighted by molar-refractivity contribution is 0.107. The van der Waals surface area contributed by atoms with Crippen LogP contribution >= 0.6 is 0 Å². The molecule has 0 bridgehead atoms. The molecule has 0 aliphatic heterocycles. The van der Waals surface area contributed by atoms with Gasteiger partial charge in [-0.15, -0.1) is 0 Å². The van der Waals surface area contributed by atoms with Crippen LogP contribution in [-0.2, 0) is 18.0 Å². The van der Waals surface area contributed by atoms with Crippen molar-refractivity contribution in [3.63, 3.8) is 0 Å². The van der Waals surface area contributed by atoms with Crippen LogP contribution in [0.5, 0.6) is 5.75 Å². The van der Waals surface area contributed by atoms with Crippen molar-refractivity contribution in [2.75, 3.05) is 13.7 Å². The third kappa shape index (κ3) is 4.96. The van der Waals surface area contributed by atoms with Gasteiger partial charge in [0.2, 0.25) is 0 Å². The van der Waals surface area contributed by atoms with Crippen LogP contribution in [0.3, 0.4) is 0 Å². The number of ether oxygens (including phenoxy) is 2. The van der Waals surface area contributed by atoms with Gasteiger partial charge in [0.25, 0.3) is 0 Å². The summed E-state index contributed by atoms with van der Waals surface area (Å²) in [6.45, 7) is 0.954. The first kappa shape index (κ1) is 15.1. The maximum atomic E-state index is 8.69. The van der Waals surface area contributed by atoms with Crippen molar-refractivity contribution in [2.45, 2.75) is 13.2 Å². The van der Waals surface area contributed by atoms with Gasteiger partial charge in [0.1, 0.15) is 12.4 Å². The maximum Gasteiger partial charge on any atom is 0.118 e. The second-order valence-corrected chi connectivity index (χ2v) is 4.50. The second-order valence-electron chi connectivity index (χ2n) is 4.50. The first-order valence-electron chi connectivity index (χ1n) is 6.71. The van der Waals surface area contributed by atoms with E-state index in [9.17, 15) is 0 Å². The van der Waals surface area contributed by atoms with Gasteiger partial charge in [-0.05, 0) is 35.4 Å². The monoisotopic (exact) mass is 282 g/mol. The van der Waals surface area contributed by atoms with Crippen molar-refractivity contribution in [3.8, 4) is 17.6 Å². The van der Waals surface area contributed by atoms with Gasteiger partial charge in [-0.2, -0.15) is 0 Å². The molecule has 0 aliphatic rings. The van der Waals surface area contributed by atoms with Crippen LogP contribution in [0.1, 0.15) is 16.7 Å². The molecule has 0 amide bonds. The Bertz CT molecular complexity index is 621. The Morgan fingerprint density at radius 2 is 1.76 bits per heavy atom. The minimum absolute atomic E-state index is 0.127. The summed E-state index contributed by atoms with van der Waals surface area (Å²) in [5.74, 6) is 6.37. The van der Waals surface area contributed by atoms with Crippen LogP contribution in [-0.4, -0.2) is 18.8 Å². The van der Waals surface area contributed by atoms with Crippen LogP contribution in [0.25, 0.3) is 0 Å². The van der Waals surface area contributed by atoms with E-state index in [-0.39, 0.29) is 6.61 Å². The number of benzene rings is 2. The van der Waals surface area contributed by atoms with Crippen molar-refractivity contribution in [3.05, 3.63) is 65.2 Å². The van der Waals surface area contributed by atoms with Gasteiger partial charge in [0.15, 0.2) is 0 Å². The molecule has 0 spiro atoms. The first-order chi connectivity index (χ1) is 10.3. The maximum absolute atomic E-state index is 8.69. The topological polar surface area (TPSA) is 38.7 Å². The third-order valence-corrected chi connectivity index (χ3v) is 2.94. The number of aliphatic hydroxyl groups is 1. The Kier molecular flexibility index (Phi) is 5.83. The molecule has 3 nitrogen and oxygen atoms in total. The third-order valence-electron chi connectivity index (χ3n) is 2.94. The Morgan fingerprint density at radius 1 is 1.00 bits per heavy atom. The molecule has 21 heavy (non-hydrogen) atoms. The van der Waals surface area contributed by atoms with E-state index < -0.39 is 0 Å². The summed E-state index contributed by atoms with van der Waals surface area (Å²) in [4.78, 5) is 0. The fourth-order valence-corrected chi connectivity index (χ4v) is 1.89. The lowest BCUT2D eigenvalue weighted by Gasteiger charge is -2.06. The summed E-state index contributed by atoms with van der Waals surface area (Å²) in [5.41, 5.74) is 3.05. The van der Waals surface area contributed by atoms with Gasteiger partial charge >= 0.3 is 0 Å². The summed E-state index contributed by atoms with van der Waals surface area (Å²) in [5, 5.41) is 8.69. The van der Waals surface area contributed by atoms with Crippen molar-refractivity contribution < 1.29 is 14.6 Å². The van der Waals surface area contributed by atoms with Gasteiger partial charge in [-0.1, -0.05) is 36.1 Å².